The summed E-state index contributed by atoms with van der Waals surface area (Å²) in [6.07, 6.45) is 4.31. The number of piperidine rings is 2. The Hall–Kier alpha value is -0.553. The molecule has 1 amide bonds. The van der Waals surface area contributed by atoms with Gasteiger partial charge in [0.05, 0.1) is 12.7 Å². The van der Waals surface area contributed by atoms with E-state index >= 15 is 0 Å². The Balaban J connectivity index is 1.87. The second-order valence-corrected chi connectivity index (χ2v) is 12.1. The van der Waals surface area contributed by atoms with Gasteiger partial charge in [0.1, 0.15) is 0 Å². The molecule has 0 spiro atoms. The van der Waals surface area contributed by atoms with Gasteiger partial charge in [-0.05, 0) is 51.2 Å². The molecule has 0 aromatic heterocycles. The SMILES string of the molecule is COC(=O)N1[C@H]2CCC[C@@H]1[C@H]1C(C)[C@@]1(O[Si](C)(C)C)C2. The number of carbonyl (C=O) groups excluding carboxylic acids is 1. The van der Waals surface area contributed by atoms with E-state index in [0.717, 1.165) is 19.3 Å². The zero-order valence-electron chi connectivity index (χ0n) is 13.3. The molecule has 4 nitrogen and oxygen atoms in total. The van der Waals surface area contributed by atoms with E-state index in [2.05, 4.69) is 26.6 Å². The van der Waals surface area contributed by atoms with Crippen molar-refractivity contribution in [1.82, 2.24) is 4.90 Å². The smallest absolute Gasteiger partial charge is 0.409 e. The molecule has 3 fully saturated rings. The Labute approximate surface area is 122 Å². The average Bonchev–Trinajstić information content (AvgIpc) is 2.88. The van der Waals surface area contributed by atoms with Crippen LogP contribution in [0.2, 0.25) is 19.6 Å². The van der Waals surface area contributed by atoms with Crippen LogP contribution in [-0.2, 0) is 9.16 Å². The third-order valence-corrected chi connectivity index (χ3v) is 6.40. The molecule has 0 aromatic rings. The van der Waals surface area contributed by atoms with E-state index in [0.29, 0.717) is 23.9 Å². The van der Waals surface area contributed by atoms with Gasteiger partial charge in [0.2, 0.25) is 0 Å². The van der Waals surface area contributed by atoms with Gasteiger partial charge in [0.15, 0.2) is 8.32 Å². The topological polar surface area (TPSA) is 38.8 Å². The number of rotatable bonds is 2. The fourth-order valence-corrected chi connectivity index (χ4v) is 6.36. The first kappa shape index (κ1) is 14.4. The van der Waals surface area contributed by atoms with Gasteiger partial charge in [-0.1, -0.05) is 6.92 Å². The molecule has 2 bridgehead atoms. The number of hydrogen-bond donors (Lipinski definition) is 0. The predicted molar refractivity (Wildman–Crippen MR) is 80.1 cm³/mol. The number of nitrogens with zero attached hydrogens (tertiary/aromatic N) is 1. The molecule has 1 aliphatic carbocycles. The van der Waals surface area contributed by atoms with Crippen LogP contribution in [0.1, 0.15) is 32.6 Å². The second kappa shape index (κ2) is 4.47. The van der Waals surface area contributed by atoms with Crippen LogP contribution >= 0.6 is 0 Å². The highest BCUT2D eigenvalue weighted by molar-refractivity contribution is 6.69. The largest absolute Gasteiger partial charge is 0.453 e. The minimum atomic E-state index is -1.56. The van der Waals surface area contributed by atoms with E-state index in [4.69, 9.17) is 9.16 Å². The van der Waals surface area contributed by atoms with Crippen LogP contribution in [-0.4, -0.2) is 44.1 Å². The highest BCUT2D eigenvalue weighted by atomic mass is 28.4. The number of methoxy groups -OCH3 is 1. The second-order valence-electron chi connectivity index (χ2n) is 7.72. The van der Waals surface area contributed by atoms with Crippen molar-refractivity contribution >= 4 is 14.4 Å². The number of carbonyl (C=O) groups is 1. The van der Waals surface area contributed by atoms with Gasteiger partial charge in [0.25, 0.3) is 0 Å². The fourth-order valence-electron chi connectivity index (χ4n) is 4.81. The van der Waals surface area contributed by atoms with Crippen LogP contribution in [0, 0.1) is 11.8 Å². The molecule has 0 radical (unpaired) electrons. The molecular formula is C15H27NO3Si. The van der Waals surface area contributed by atoms with Gasteiger partial charge in [-0.2, -0.15) is 0 Å². The van der Waals surface area contributed by atoms with Crippen molar-refractivity contribution in [3.8, 4) is 0 Å². The van der Waals surface area contributed by atoms with E-state index in [1.807, 2.05) is 4.90 Å². The molecule has 1 saturated carbocycles. The molecule has 1 unspecified atom stereocenters. The van der Waals surface area contributed by atoms with Gasteiger partial charge in [0, 0.05) is 18.0 Å². The van der Waals surface area contributed by atoms with Crippen LogP contribution in [0.15, 0.2) is 0 Å². The van der Waals surface area contributed by atoms with E-state index in [-0.39, 0.29) is 11.7 Å². The maximum Gasteiger partial charge on any atom is 0.409 e. The Morgan fingerprint density at radius 3 is 2.60 bits per heavy atom. The molecule has 3 rings (SSSR count). The number of fused-ring (bicyclic) bond motifs is 4. The molecule has 3 aliphatic rings. The Kier molecular flexibility index (Phi) is 3.21. The van der Waals surface area contributed by atoms with Crippen molar-refractivity contribution in [3.63, 3.8) is 0 Å². The lowest BCUT2D eigenvalue weighted by Crippen LogP contribution is -2.58. The molecule has 2 saturated heterocycles. The summed E-state index contributed by atoms with van der Waals surface area (Å²) in [6, 6.07) is 0.653. The van der Waals surface area contributed by atoms with E-state index in [1.54, 1.807) is 0 Å². The fraction of sp³-hybridized carbons (Fsp3) is 0.933. The predicted octanol–water partition coefficient (Wildman–Crippen LogP) is 3.24. The maximum absolute atomic E-state index is 12.1. The third-order valence-electron chi connectivity index (χ3n) is 5.40. The van der Waals surface area contributed by atoms with Gasteiger partial charge >= 0.3 is 6.09 Å². The normalized spacial score (nSPS) is 43.0. The van der Waals surface area contributed by atoms with E-state index < -0.39 is 8.32 Å². The summed E-state index contributed by atoms with van der Waals surface area (Å²) >= 11 is 0. The lowest BCUT2D eigenvalue weighted by molar-refractivity contribution is -0.0200. The molecular weight excluding hydrogens is 270 g/mol. The molecule has 20 heavy (non-hydrogen) atoms. The first-order valence-corrected chi connectivity index (χ1v) is 11.3. The minimum Gasteiger partial charge on any atom is -0.453 e. The van der Waals surface area contributed by atoms with Gasteiger partial charge < -0.3 is 14.1 Å². The highest BCUT2D eigenvalue weighted by Crippen LogP contribution is 2.65. The van der Waals surface area contributed by atoms with Crippen LogP contribution in [0.25, 0.3) is 0 Å². The molecule has 5 heteroatoms. The van der Waals surface area contributed by atoms with Crippen LogP contribution in [0.4, 0.5) is 4.79 Å². The number of hydrogen-bond acceptors (Lipinski definition) is 3. The van der Waals surface area contributed by atoms with Crippen LogP contribution in [0.5, 0.6) is 0 Å². The van der Waals surface area contributed by atoms with E-state index in [1.165, 1.54) is 13.5 Å². The Bertz CT molecular complexity index is 422. The first-order valence-electron chi connectivity index (χ1n) is 7.86. The van der Waals surface area contributed by atoms with Crippen molar-refractivity contribution in [2.24, 2.45) is 11.8 Å². The summed E-state index contributed by atoms with van der Waals surface area (Å²) in [5, 5.41) is 0. The van der Waals surface area contributed by atoms with Gasteiger partial charge in [-0.3, -0.25) is 0 Å². The summed E-state index contributed by atoms with van der Waals surface area (Å²) in [5.41, 5.74) is 0.0603. The first-order chi connectivity index (χ1) is 9.30. The van der Waals surface area contributed by atoms with Crippen molar-refractivity contribution in [2.75, 3.05) is 7.11 Å². The third kappa shape index (κ3) is 2.01. The molecule has 0 aromatic carbocycles. The lowest BCUT2D eigenvalue weighted by Gasteiger charge is -2.48. The van der Waals surface area contributed by atoms with Crippen LogP contribution < -0.4 is 0 Å². The number of ether oxygens (including phenoxy) is 1. The summed E-state index contributed by atoms with van der Waals surface area (Å²) in [4.78, 5) is 14.1. The summed E-state index contributed by atoms with van der Waals surface area (Å²) in [7, 11) is -0.0623. The Morgan fingerprint density at radius 2 is 2.00 bits per heavy atom. The summed E-state index contributed by atoms with van der Waals surface area (Å²) in [6.45, 7) is 9.12. The summed E-state index contributed by atoms with van der Waals surface area (Å²) < 4.78 is 11.6. The zero-order valence-corrected chi connectivity index (χ0v) is 14.3. The van der Waals surface area contributed by atoms with Crippen molar-refractivity contribution in [3.05, 3.63) is 0 Å². The van der Waals surface area contributed by atoms with Gasteiger partial charge in [-0.25, -0.2) is 4.79 Å². The monoisotopic (exact) mass is 297 g/mol. The molecule has 0 N–H and O–H groups in total. The molecule has 2 heterocycles. The molecule has 114 valence electrons. The number of amides is 1. The zero-order chi connectivity index (χ0) is 14.7. The highest BCUT2D eigenvalue weighted by Gasteiger charge is 2.72. The standard InChI is InChI=1S/C15H27NO3Si/c1-10-13-12-8-6-7-11(16(12)14(17)18-2)9-15(10,13)19-20(3,4)5/h10-13H,6-9H2,1-5H3/t10?,11-,12+,13+,15-/m0/s1. The average molecular weight is 297 g/mol. The maximum atomic E-state index is 12.1. The van der Waals surface area contributed by atoms with Crippen molar-refractivity contribution in [1.29, 1.82) is 0 Å². The lowest BCUT2D eigenvalue weighted by atomic mass is 9.83. The molecule has 5 atom stereocenters. The van der Waals surface area contributed by atoms with Crippen molar-refractivity contribution in [2.45, 2.75) is 69.9 Å². The van der Waals surface area contributed by atoms with E-state index in [9.17, 15) is 4.79 Å². The van der Waals surface area contributed by atoms with Crippen LogP contribution in [0.3, 0.4) is 0 Å². The summed E-state index contributed by atoms with van der Waals surface area (Å²) in [5.74, 6) is 1.10. The van der Waals surface area contributed by atoms with Gasteiger partial charge in [-0.15, -0.1) is 0 Å². The molecule has 2 aliphatic heterocycles. The Morgan fingerprint density at radius 1 is 1.30 bits per heavy atom. The van der Waals surface area contributed by atoms with Crippen molar-refractivity contribution < 1.29 is 14.0 Å². The quantitative estimate of drug-likeness (QED) is 0.735. The minimum absolute atomic E-state index is 0.0603.